The molecular formula is C13H25NO2S. The van der Waals surface area contributed by atoms with E-state index >= 15 is 0 Å². The van der Waals surface area contributed by atoms with E-state index in [1.165, 1.54) is 0 Å². The topological polar surface area (TPSA) is 40.5 Å². The Morgan fingerprint density at radius 1 is 1.41 bits per heavy atom. The van der Waals surface area contributed by atoms with Gasteiger partial charge in [-0.15, -0.1) is 11.8 Å². The zero-order chi connectivity index (χ0) is 12.8. The summed E-state index contributed by atoms with van der Waals surface area (Å²) in [4.78, 5) is 14.4. The molecule has 0 aliphatic carbocycles. The van der Waals surface area contributed by atoms with Crippen molar-refractivity contribution in [1.82, 2.24) is 4.90 Å². The minimum Gasteiger partial charge on any atom is -0.396 e. The van der Waals surface area contributed by atoms with Crippen LogP contribution in [0, 0.1) is 11.8 Å². The number of hydrogen-bond acceptors (Lipinski definition) is 3. The summed E-state index contributed by atoms with van der Waals surface area (Å²) in [7, 11) is 0. The number of amides is 1. The van der Waals surface area contributed by atoms with Gasteiger partial charge in [0.2, 0.25) is 5.91 Å². The maximum Gasteiger partial charge on any atom is 0.235 e. The number of rotatable bonds is 5. The Bertz CT molecular complexity index is 238. The van der Waals surface area contributed by atoms with Crippen LogP contribution in [0.4, 0.5) is 0 Å². The number of hydrogen-bond donors (Lipinski definition) is 1. The van der Waals surface area contributed by atoms with Crippen LogP contribution in [-0.2, 0) is 4.79 Å². The van der Waals surface area contributed by atoms with Crippen molar-refractivity contribution in [1.29, 1.82) is 0 Å². The highest BCUT2D eigenvalue weighted by Gasteiger charge is 2.29. The quantitative estimate of drug-likeness (QED) is 0.821. The Balaban J connectivity index is 2.51. The molecule has 1 aliphatic rings. The monoisotopic (exact) mass is 259 g/mol. The molecule has 0 spiro atoms. The Kier molecular flexibility index (Phi) is 6.34. The third kappa shape index (κ3) is 4.18. The van der Waals surface area contributed by atoms with Crippen molar-refractivity contribution in [2.24, 2.45) is 11.8 Å². The molecule has 1 aliphatic heterocycles. The molecule has 3 nitrogen and oxygen atoms in total. The van der Waals surface area contributed by atoms with Gasteiger partial charge in [-0.25, -0.2) is 0 Å². The summed E-state index contributed by atoms with van der Waals surface area (Å²) in [5.74, 6) is 2.07. The van der Waals surface area contributed by atoms with Crippen molar-refractivity contribution in [3.05, 3.63) is 0 Å². The van der Waals surface area contributed by atoms with Gasteiger partial charge in [0.25, 0.3) is 0 Å². The van der Waals surface area contributed by atoms with E-state index in [1.54, 1.807) is 11.8 Å². The maximum atomic E-state index is 12.4. The third-order valence-corrected chi connectivity index (χ3v) is 4.82. The first-order chi connectivity index (χ1) is 8.10. The first kappa shape index (κ1) is 14.8. The first-order valence-corrected chi connectivity index (χ1v) is 7.66. The van der Waals surface area contributed by atoms with Gasteiger partial charge < -0.3 is 10.0 Å². The summed E-state index contributed by atoms with van der Waals surface area (Å²) in [6.07, 6.45) is 1.90. The van der Waals surface area contributed by atoms with Crippen LogP contribution >= 0.6 is 11.8 Å². The lowest BCUT2D eigenvalue weighted by Crippen LogP contribution is -2.44. The van der Waals surface area contributed by atoms with E-state index in [4.69, 9.17) is 5.11 Å². The SMILES string of the molecule is CCSC(C(=O)N1CCC(CO)CC1)C(C)C. The van der Waals surface area contributed by atoms with E-state index in [1.807, 2.05) is 4.90 Å². The second-order valence-electron chi connectivity index (χ2n) is 5.07. The highest BCUT2D eigenvalue weighted by atomic mass is 32.2. The molecular weight excluding hydrogens is 234 g/mol. The van der Waals surface area contributed by atoms with Crippen LogP contribution in [-0.4, -0.2) is 46.6 Å². The summed E-state index contributed by atoms with van der Waals surface area (Å²) < 4.78 is 0. The fourth-order valence-corrected chi connectivity index (χ4v) is 3.28. The summed E-state index contributed by atoms with van der Waals surface area (Å²) >= 11 is 1.75. The van der Waals surface area contributed by atoms with Crippen LogP contribution in [0.15, 0.2) is 0 Å². The number of carbonyl (C=O) groups is 1. The summed E-state index contributed by atoms with van der Waals surface area (Å²) in [5, 5.41) is 9.19. The molecule has 1 atom stereocenters. The Morgan fingerprint density at radius 2 is 2.00 bits per heavy atom. The zero-order valence-corrected chi connectivity index (χ0v) is 12.0. The molecule has 1 fully saturated rings. The third-order valence-electron chi connectivity index (χ3n) is 3.38. The fourth-order valence-electron chi connectivity index (χ4n) is 2.24. The molecule has 1 amide bonds. The van der Waals surface area contributed by atoms with Crippen molar-refractivity contribution in [3.63, 3.8) is 0 Å². The molecule has 0 saturated carbocycles. The fraction of sp³-hybridized carbons (Fsp3) is 0.923. The number of aliphatic hydroxyl groups excluding tert-OH is 1. The molecule has 0 aromatic heterocycles. The second kappa shape index (κ2) is 7.27. The number of piperidine rings is 1. The number of likely N-dealkylation sites (tertiary alicyclic amines) is 1. The lowest BCUT2D eigenvalue weighted by Gasteiger charge is -2.34. The van der Waals surface area contributed by atoms with E-state index in [9.17, 15) is 4.79 Å². The minimum atomic E-state index is 0.102. The van der Waals surface area contributed by atoms with E-state index in [0.717, 1.165) is 31.7 Å². The van der Waals surface area contributed by atoms with Crippen molar-refractivity contribution in [2.75, 3.05) is 25.4 Å². The van der Waals surface area contributed by atoms with Crippen LogP contribution in [0.2, 0.25) is 0 Å². The summed E-state index contributed by atoms with van der Waals surface area (Å²) in [6, 6.07) is 0. The Labute approximate surface area is 109 Å². The number of aliphatic hydroxyl groups is 1. The Hall–Kier alpha value is -0.220. The largest absolute Gasteiger partial charge is 0.396 e. The van der Waals surface area contributed by atoms with Crippen LogP contribution in [0.5, 0.6) is 0 Å². The molecule has 1 N–H and O–H groups in total. The van der Waals surface area contributed by atoms with E-state index in [2.05, 4.69) is 20.8 Å². The van der Waals surface area contributed by atoms with Gasteiger partial charge in [0.1, 0.15) is 0 Å². The molecule has 1 heterocycles. The van der Waals surface area contributed by atoms with Crippen molar-refractivity contribution in [3.8, 4) is 0 Å². The van der Waals surface area contributed by atoms with E-state index < -0.39 is 0 Å². The number of carbonyl (C=O) groups excluding carboxylic acids is 1. The molecule has 1 rings (SSSR count). The summed E-state index contributed by atoms with van der Waals surface area (Å²) in [6.45, 7) is 8.23. The van der Waals surface area contributed by atoms with Crippen molar-refractivity contribution in [2.45, 2.75) is 38.9 Å². The van der Waals surface area contributed by atoms with Gasteiger partial charge in [0.05, 0.1) is 5.25 Å². The minimum absolute atomic E-state index is 0.102. The molecule has 0 aromatic rings. The molecule has 0 aromatic carbocycles. The van der Waals surface area contributed by atoms with Gasteiger partial charge in [-0.2, -0.15) is 0 Å². The second-order valence-corrected chi connectivity index (χ2v) is 6.49. The highest BCUT2D eigenvalue weighted by molar-refractivity contribution is 8.00. The van der Waals surface area contributed by atoms with Crippen LogP contribution in [0.25, 0.3) is 0 Å². The molecule has 1 saturated heterocycles. The number of thioether (sulfide) groups is 1. The van der Waals surface area contributed by atoms with Gasteiger partial charge in [-0.1, -0.05) is 20.8 Å². The van der Waals surface area contributed by atoms with E-state index in [-0.39, 0.29) is 11.9 Å². The van der Waals surface area contributed by atoms with Gasteiger partial charge in [0.15, 0.2) is 0 Å². The van der Waals surface area contributed by atoms with Gasteiger partial charge >= 0.3 is 0 Å². The molecule has 0 radical (unpaired) electrons. The van der Waals surface area contributed by atoms with Gasteiger partial charge in [0, 0.05) is 19.7 Å². The van der Waals surface area contributed by atoms with E-state index in [0.29, 0.717) is 17.7 Å². The molecule has 100 valence electrons. The average Bonchev–Trinajstić information content (AvgIpc) is 2.35. The normalized spacial score (nSPS) is 19.7. The lowest BCUT2D eigenvalue weighted by atomic mass is 9.97. The Morgan fingerprint density at radius 3 is 2.41 bits per heavy atom. The van der Waals surface area contributed by atoms with Gasteiger partial charge in [-0.05, 0) is 30.4 Å². The zero-order valence-electron chi connectivity index (χ0n) is 11.2. The average molecular weight is 259 g/mol. The molecule has 0 bridgehead atoms. The predicted octanol–water partition coefficient (Wildman–Crippen LogP) is 1.99. The maximum absolute atomic E-state index is 12.4. The van der Waals surface area contributed by atoms with Crippen molar-refractivity contribution < 1.29 is 9.90 Å². The highest BCUT2D eigenvalue weighted by Crippen LogP contribution is 2.24. The standard InChI is InChI=1S/C13H25NO2S/c1-4-17-12(10(2)3)13(16)14-7-5-11(9-15)6-8-14/h10-12,15H,4-9H2,1-3H3. The van der Waals surface area contributed by atoms with Crippen LogP contribution in [0.1, 0.15) is 33.6 Å². The predicted molar refractivity (Wildman–Crippen MR) is 73.1 cm³/mol. The molecule has 4 heteroatoms. The summed E-state index contributed by atoms with van der Waals surface area (Å²) in [5.41, 5.74) is 0. The smallest absolute Gasteiger partial charge is 0.235 e. The first-order valence-electron chi connectivity index (χ1n) is 6.61. The van der Waals surface area contributed by atoms with Gasteiger partial charge in [-0.3, -0.25) is 4.79 Å². The number of nitrogens with zero attached hydrogens (tertiary/aromatic N) is 1. The van der Waals surface area contributed by atoms with Crippen molar-refractivity contribution >= 4 is 17.7 Å². The molecule has 1 unspecified atom stereocenters. The lowest BCUT2D eigenvalue weighted by molar-refractivity contribution is -0.132. The molecule has 17 heavy (non-hydrogen) atoms. The van der Waals surface area contributed by atoms with Crippen LogP contribution < -0.4 is 0 Å². The van der Waals surface area contributed by atoms with Crippen LogP contribution in [0.3, 0.4) is 0 Å².